The van der Waals surface area contributed by atoms with Gasteiger partial charge in [0.05, 0.1) is 0 Å². The van der Waals surface area contributed by atoms with Crippen molar-refractivity contribution in [3.8, 4) is 12.4 Å². The highest BCUT2D eigenvalue weighted by molar-refractivity contribution is 6.13. The van der Waals surface area contributed by atoms with Crippen LogP contribution in [0, 0.1) is 22.9 Å². The van der Waals surface area contributed by atoms with E-state index >= 15 is 0 Å². The first-order valence-corrected chi connectivity index (χ1v) is 4.66. The Labute approximate surface area is 113 Å². The summed E-state index contributed by atoms with van der Waals surface area (Å²) >= 11 is 0. The maximum absolute atomic E-state index is 10.0. The van der Waals surface area contributed by atoms with Crippen LogP contribution in [0.15, 0.2) is 24.3 Å². The van der Waals surface area contributed by atoms with Gasteiger partial charge >= 0.3 is 0 Å². The smallest absolute Gasteiger partial charge is 0.250 e. The number of carbonyl (C=O) groups is 4. The van der Waals surface area contributed by atoms with Gasteiger partial charge < -0.3 is 11.5 Å². The van der Waals surface area contributed by atoms with E-state index in [1.807, 2.05) is 10.6 Å². The lowest BCUT2D eigenvalue weighted by molar-refractivity contribution is -0.125. The summed E-state index contributed by atoms with van der Waals surface area (Å²) in [6.07, 6.45) is 7.29. The molecular weight excluding hydrogens is 268 g/mol. The van der Waals surface area contributed by atoms with Gasteiger partial charge in [0.15, 0.2) is 12.4 Å². The summed E-state index contributed by atoms with van der Waals surface area (Å²) < 4.78 is 0. The second kappa shape index (κ2) is 11.8. The second-order valence-electron chi connectivity index (χ2n) is 2.63. The van der Waals surface area contributed by atoms with E-state index in [9.17, 15) is 19.2 Å². The largest absolute Gasteiger partial charge is 0.337 e. The summed E-state index contributed by atoms with van der Waals surface area (Å²) in [5, 5.41) is 18.2. The molecule has 10 heteroatoms. The monoisotopic (exact) mass is 278 g/mol. The normalized spacial score (nSPS) is 13.1. The van der Waals surface area contributed by atoms with E-state index in [0.29, 0.717) is 0 Å². The van der Waals surface area contributed by atoms with Gasteiger partial charge in [0.1, 0.15) is 0 Å². The molecule has 0 aromatic heterocycles. The van der Waals surface area contributed by atoms with Crippen molar-refractivity contribution in [3.05, 3.63) is 24.3 Å². The molecule has 0 radical (unpaired) electrons. The Bertz CT molecular complexity index is 443. The van der Waals surface area contributed by atoms with Crippen molar-refractivity contribution in [2.45, 2.75) is 0 Å². The minimum Gasteiger partial charge on any atom is -0.337 e. The van der Waals surface area contributed by atoms with Crippen molar-refractivity contribution in [3.63, 3.8) is 0 Å². The van der Waals surface area contributed by atoms with Gasteiger partial charge in [-0.1, -0.05) is 0 Å². The van der Waals surface area contributed by atoms with Crippen LogP contribution in [-0.4, -0.2) is 23.6 Å². The van der Waals surface area contributed by atoms with Crippen LogP contribution in [0.5, 0.6) is 0 Å². The predicted octanol–water partition coefficient (Wildman–Crippen LogP) is -2.75. The van der Waals surface area contributed by atoms with Crippen LogP contribution in [0.25, 0.3) is 0 Å². The number of hydrogen-bond donors (Lipinski definition) is 4. The van der Waals surface area contributed by atoms with Gasteiger partial charge in [-0.15, -0.1) is 0 Å². The number of imide groups is 2. The van der Waals surface area contributed by atoms with E-state index in [1.165, 1.54) is 36.7 Å². The third kappa shape index (κ3) is 12.4. The minimum absolute atomic E-state index is 0.329. The molecule has 2 heterocycles. The molecule has 0 aromatic rings. The molecule has 0 saturated heterocycles. The summed E-state index contributed by atoms with van der Waals surface area (Å²) in [6, 6.07) is 0. The van der Waals surface area contributed by atoms with Gasteiger partial charge in [0, 0.05) is 24.3 Å². The number of rotatable bonds is 0. The Morgan fingerprint density at radius 3 is 0.900 bits per heavy atom. The van der Waals surface area contributed by atoms with Crippen LogP contribution in [0.4, 0.5) is 0 Å². The Hall–Kier alpha value is -3.66. The van der Waals surface area contributed by atoms with Crippen LogP contribution in [0.3, 0.4) is 0 Å². The number of nitriles is 2. The maximum Gasteiger partial charge on any atom is 0.250 e. The molecule has 0 spiro atoms. The molecule has 6 N–H and O–H groups in total. The fourth-order valence-electron chi connectivity index (χ4n) is 0.712. The number of nitrogens with two attached hydrogens (primary N) is 2. The van der Waals surface area contributed by atoms with E-state index < -0.39 is 0 Å². The van der Waals surface area contributed by atoms with Crippen LogP contribution < -0.4 is 22.1 Å². The first kappa shape index (κ1) is 18.7. The first-order valence-electron chi connectivity index (χ1n) is 4.66. The quantitative estimate of drug-likeness (QED) is 0.208. The third-order valence-electron chi connectivity index (χ3n) is 1.26. The maximum atomic E-state index is 10.0. The van der Waals surface area contributed by atoms with Crippen molar-refractivity contribution < 1.29 is 19.2 Å². The van der Waals surface area contributed by atoms with E-state index in [0.717, 1.165) is 0 Å². The molecule has 2 rings (SSSR count). The van der Waals surface area contributed by atoms with Crippen LogP contribution in [0.2, 0.25) is 0 Å². The topological polar surface area (TPSA) is 192 Å². The lowest BCUT2D eigenvalue weighted by Crippen LogP contribution is -2.19. The SMILES string of the molecule is N#CN.N#CN.O=C1C=CC(=O)N1.O=C1C=CC(=O)N1. The fraction of sp³-hybridized carbons (Fsp3) is 0. The van der Waals surface area contributed by atoms with Gasteiger partial charge in [0.25, 0.3) is 23.6 Å². The minimum atomic E-state index is -0.329. The molecule has 0 atom stereocenters. The molecule has 0 aliphatic carbocycles. The summed E-state index contributed by atoms with van der Waals surface area (Å²) in [5.41, 5.74) is 8.31. The third-order valence-corrected chi connectivity index (χ3v) is 1.26. The molecule has 10 nitrogen and oxygen atoms in total. The number of nitrogens with zero attached hydrogens (tertiary/aromatic N) is 2. The van der Waals surface area contributed by atoms with Crippen molar-refractivity contribution >= 4 is 23.6 Å². The highest BCUT2D eigenvalue weighted by atomic mass is 16.2. The zero-order valence-electron chi connectivity index (χ0n) is 9.99. The first-order chi connectivity index (χ1) is 9.40. The molecule has 0 fully saturated rings. The Balaban J connectivity index is 0. The van der Waals surface area contributed by atoms with E-state index in [1.54, 1.807) is 0 Å². The van der Waals surface area contributed by atoms with Crippen molar-refractivity contribution in [1.82, 2.24) is 10.6 Å². The molecule has 0 unspecified atom stereocenters. The van der Waals surface area contributed by atoms with Crippen molar-refractivity contribution in [1.29, 1.82) is 10.5 Å². The van der Waals surface area contributed by atoms with Crippen LogP contribution >= 0.6 is 0 Å². The number of amides is 4. The highest BCUT2D eigenvalue weighted by Crippen LogP contribution is 1.83. The molecular formula is C10H10N6O4. The lowest BCUT2D eigenvalue weighted by Gasteiger charge is -1.80. The fourth-order valence-corrected chi connectivity index (χ4v) is 0.712. The molecule has 2 aliphatic heterocycles. The summed E-state index contributed by atoms with van der Waals surface area (Å²) in [6.45, 7) is 0. The van der Waals surface area contributed by atoms with Gasteiger partial charge in [0.2, 0.25) is 0 Å². The average Bonchev–Trinajstić information content (AvgIpc) is 2.90. The molecule has 104 valence electrons. The van der Waals surface area contributed by atoms with Crippen molar-refractivity contribution in [2.24, 2.45) is 11.5 Å². The Morgan fingerprint density at radius 2 is 0.850 bits per heavy atom. The zero-order valence-corrected chi connectivity index (χ0v) is 9.99. The van der Waals surface area contributed by atoms with Crippen LogP contribution in [-0.2, 0) is 19.2 Å². The molecule has 20 heavy (non-hydrogen) atoms. The molecule has 4 amide bonds. The zero-order chi connectivity index (χ0) is 16.0. The van der Waals surface area contributed by atoms with E-state index in [4.69, 9.17) is 10.5 Å². The number of hydrogen-bond acceptors (Lipinski definition) is 8. The average molecular weight is 278 g/mol. The Kier molecular flexibility index (Phi) is 11.0. The standard InChI is InChI=1S/2C4H3NO2.2CH2N2/c2*6-3-1-2-4(7)5-3;2*2-1-3/h2*1-2H,(H,5,6,7);2*2H2. The van der Waals surface area contributed by atoms with Crippen LogP contribution in [0.1, 0.15) is 0 Å². The van der Waals surface area contributed by atoms with E-state index in [-0.39, 0.29) is 23.6 Å². The van der Waals surface area contributed by atoms with Gasteiger partial charge in [-0.25, -0.2) is 0 Å². The summed E-state index contributed by atoms with van der Waals surface area (Å²) in [4.78, 5) is 40.1. The number of carbonyl (C=O) groups excluding carboxylic acids is 4. The summed E-state index contributed by atoms with van der Waals surface area (Å²) in [5.74, 6) is -1.31. The van der Waals surface area contributed by atoms with E-state index in [2.05, 4.69) is 11.5 Å². The van der Waals surface area contributed by atoms with Gasteiger partial charge in [-0.2, -0.15) is 10.5 Å². The Morgan fingerprint density at radius 1 is 0.700 bits per heavy atom. The van der Waals surface area contributed by atoms with Gasteiger partial charge in [-0.3, -0.25) is 29.8 Å². The predicted molar refractivity (Wildman–Crippen MR) is 64.2 cm³/mol. The number of nitrogens with one attached hydrogen (secondary N) is 2. The molecule has 0 saturated carbocycles. The highest BCUT2D eigenvalue weighted by Gasteiger charge is 2.07. The molecule has 2 aliphatic rings. The molecule has 0 bridgehead atoms. The summed E-state index contributed by atoms with van der Waals surface area (Å²) in [7, 11) is 0. The lowest BCUT2D eigenvalue weighted by atomic mass is 10.6. The van der Waals surface area contributed by atoms with Gasteiger partial charge in [-0.05, 0) is 0 Å². The molecule has 0 aromatic carbocycles. The second-order valence-corrected chi connectivity index (χ2v) is 2.63. The van der Waals surface area contributed by atoms with Crippen molar-refractivity contribution in [2.75, 3.05) is 0 Å².